The molecule has 0 aromatic heterocycles. The van der Waals surface area contributed by atoms with Crippen molar-refractivity contribution in [3.05, 3.63) is 99.2 Å². The molecule has 0 radical (unpaired) electrons. The molecule has 238 valence electrons. The number of hydrazone groups is 1. The van der Waals surface area contributed by atoms with E-state index in [4.69, 9.17) is 48.0 Å². The Balaban J connectivity index is 1.40. The van der Waals surface area contributed by atoms with Gasteiger partial charge in [0, 0.05) is 11.3 Å². The number of carbonyl (C=O) groups excluding carboxylic acids is 2. The highest BCUT2D eigenvalue weighted by Gasteiger charge is 2.32. The van der Waals surface area contributed by atoms with E-state index in [9.17, 15) is 9.59 Å². The zero-order valence-corrected chi connectivity index (χ0v) is 27.0. The van der Waals surface area contributed by atoms with Gasteiger partial charge in [0.2, 0.25) is 0 Å². The number of halogens is 1. The monoisotopic (exact) mass is 661 g/mol. The van der Waals surface area contributed by atoms with Crippen LogP contribution in [0.5, 0.6) is 17.2 Å². The first-order valence-corrected chi connectivity index (χ1v) is 15.1. The van der Waals surface area contributed by atoms with Crippen molar-refractivity contribution in [2.45, 2.75) is 33.4 Å². The summed E-state index contributed by atoms with van der Waals surface area (Å²) in [4.78, 5) is 25.4. The molecule has 0 aliphatic carbocycles. The van der Waals surface area contributed by atoms with Crippen LogP contribution >= 0.6 is 23.8 Å². The van der Waals surface area contributed by atoms with Gasteiger partial charge < -0.3 is 29.6 Å². The quantitative estimate of drug-likeness (QED) is 0.0983. The van der Waals surface area contributed by atoms with Gasteiger partial charge in [0.25, 0.3) is 5.91 Å². The molecule has 11 nitrogen and oxygen atoms in total. The third-order valence-electron chi connectivity index (χ3n) is 6.55. The lowest BCUT2D eigenvalue weighted by Crippen LogP contribution is -2.45. The number of carbonyl (C=O) groups is 2. The van der Waals surface area contributed by atoms with Crippen molar-refractivity contribution in [2.24, 2.45) is 5.10 Å². The number of para-hydroxylation sites is 1. The third-order valence-corrected chi connectivity index (χ3v) is 7.05. The maximum absolute atomic E-state index is 12.8. The zero-order valence-electron chi connectivity index (χ0n) is 25.4. The van der Waals surface area contributed by atoms with Crippen LogP contribution in [0.1, 0.15) is 49.1 Å². The van der Waals surface area contributed by atoms with Gasteiger partial charge in [-0.05, 0) is 74.4 Å². The molecule has 1 heterocycles. The Kier molecular flexibility index (Phi) is 11.9. The maximum atomic E-state index is 12.8. The number of nitrogens with zero attached hydrogens (tertiary/aromatic N) is 2. The second-order valence-electron chi connectivity index (χ2n) is 9.77. The molecule has 0 saturated carbocycles. The molecule has 0 saturated heterocycles. The van der Waals surface area contributed by atoms with E-state index in [2.05, 4.69) is 27.2 Å². The molecular formula is C33H32ClN5O6S. The molecule has 0 spiro atoms. The molecular weight excluding hydrogens is 630 g/mol. The molecule has 3 aromatic rings. The number of hydrogen-bond acceptors (Lipinski definition) is 9. The molecule has 1 aliphatic heterocycles. The van der Waals surface area contributed by atoms with Crippen LogP contribution < -0.4 is 30.3 Å². The molecule has 1 amide bonds. The summed E-state index contributed by atoms with van der Waals surface area (Å²) in [6, 6.07) is 18.8. The zero-order chi connectivity index (χ0) is 33.1. The van der Waals surface area contributed by atoms with E-state index in [1.54, 1.807) is 74.5 Å². The summed E-state index contributed by atoms with van der Waals surface area (Å²) in [5.41, 5.74) is 5.94. The standard InChI is InChI=1S/C33H32ClN5O6S/c1-4-42-27-15-23(14-25(34)31(27)45-18-22-12-10-21(16-35)11-13-22)17-36-39-28(40)19-44-26-9-7-6-8-24(26)30-29(32(41)43-5-2)20(3)37-33(46)38-30/h6-15,17,30H,4-5,18-19H2,1-3H3,(H,39,40)(H2,37,38,46)/t30-/m0/s1. The number of ether oxygens (including phenoxy) is 4. The van der Waals surface area contributed by atoms with E-state index in [1.807, 2.05) is 6.92 Å². The summed E-state index contributed by atoms with van der Waals surface area (Å²) < 4.78 is 22.8. The molecule has 3 N–H and O–H groups in total. The SMILES string of the molecule is CCOC(=O)C1=C(C)NC(=S)N[C@H]1c1ccccc1OCC(=O)NN=Cc1cc(Cl)c(OCc2ccc(C#N)cc2)c(OCC)c1. The topological polar surface area (TPSA) is 143 Å². The maximum Gasteiger partial charge on any atom is 0.338 e. The van der Waals surface area contributed by atoms with E-state index in [1.165, 1.54) is 6.21 Å². The number of amides is 1. The largest absolute Gasteiger partial charge is 0.490 e. The minimum absolute atomic E-state index is 0.211. The van der Waals surface area contributed by atoms with Gasteiger partial charge in [0.1, 0.15) is 12.4 Å². The van der Waals surface area contributed by atoms with Gasteiger partial charge in [0.05, 0.1) is 47.7 Å². The third kappa shape index (κ3) is 8.74. The van der Waals surface area contributed by atoms with Gasteiger partial charge in [-0.1, -0.05) is 41.9 Å². The summed E-state index contributed by atoms with van der Waals surface area (Å²) in [6.07, 6.45) is 1.42. The molecule has 0 bridgehead atoms. The average molecular weight is 662 g/mol. The fourth-order valence-electron chi connectivity index (χ4n) is 4.51. The highest BCUT2D eigenvalue weighted by molar-refractivity contribution is 7.80. The molecule has 3 aromatic carbocycles. The lowest BCUT2D eigenvalue weighted by atomic mass is 9.95. The Labute approximate surface area is 277 Å². The number of nitriles is 1. The smallest absolute Gasteiger partial charge is 0.338 e. The van der Waals surface area contributed by atoms with Crippen molar-refractivity contribution in [1.29, 1.82) is 5.26 Å². The van der Waals surface area contributed by atoms with Gasteiger partial charge in [0.15, 0.2) is 23.2 Å². The Morgan fingerprint density at radius 3 is 2.54 bits per heavy atom. The van der Waals surface area contributed by atoms with Gasteiger partial charge in [-0.15, -0.1) is 0 Å². The predicted octanol–water partition coefficient (Wildman–Crippen LogP) is 5.07. The number of allylic oxidation sites excluding steroid dienone is 1. The first kappa shape index (κ1) is 33.8. The van der Waals surface area contributed by atoms with Crippen LogP contribution in [0.4, 0.5) is 0 Å². The molecule has 46 heavy (non-hydrogen) atoms. The summed E-state index contributed by atoms with van der Waals surface area (Å²) >= 11 is 11.8. The number of esters is 1. The van der Waals surface area contributed by atoms with Crippen LogP contribution in [0.3, 0.4) is 0 Å². The number of thiocarbonyl (C=S) groups is 1. The summed E-state index contributed by atoms with van der Waals surface area (Å²) in [5, 5.41) is 19.7. The Hall–Kier alpha value is -5.12. The molecule has 0 fully saturated rings. The van der Waals surface area contributed by atoms with Crippen LogP contribution in [0.2, 0.25) is 5.02 Å². The van der Waals surface area contributed by atoms with Crippen molar-refractivity contribution in [2.75, 3.05) is 19.8 Å². The first-order chi connectivity index (χ1) is 22.2. The minimum Gasteiger partial charge on any atom is -0.490 e. The van der Waals surface area contributed by atoms with Crippen molar-refractivity contribution in [3.63, 3.8) is 0 Å². The number of rotatable bonds is 13. The summed E-state index contributed by atoms with van der Waals surface area (Å²) in [6.45, 7) is 5.75. The van der Waals surface area contributed by atoms with Crippen molar-refractivity contribution < 1.29 is 28.5 Å². The predicted molar refractivity (Wildman–Crippen MR) is 177 cm³/mol. The van der Waals surface area contributed by atoms with Crippen molar-refractivity contribution in [3.8, 4) is 23.3 Å². The van der Waals surface area contributed by atoms with E-state index >= 15 is 0 Å². The number of benzene rings is 3. The van der Waals surface area contributed by atoms with Crippen LogP contribution in [-0.4, -0.2) is 43.0 Å². The second kappa shape index (κ2) is 16.3. The molecule has 1 atom stereocenters. The van der Waals surface area contributed by atoms with Gasteiger partial charge in [-0.25, -0.2) is 10.2 Å². The lowest BCUT2D eigenvalue weighted by molar-refractivity contribution is -0.139. The van der Waals surface area contributed by atoms with E-state index < -0.39 is 17.9 Å². The van der Waals surface area contributed by atoms with E-state index in [-0.39, 0.29) is 19.8 Å². The number of hydrogen-bond donors (Lipinski definition) is 3. The van der Waals surface area contributed by atoms with Crippen molar-refractivity contribution in [1.82, 2.24) is 16.1 Å². The van der Waals surface area contributed by atoms with Gasteiger partial charge in [-0.3, -0.25) is 4.79 Å². The Bertz CT molecular complexity index is 1700. The fraction of sp³-hybridized carbons (Fsp3) is 0.242. The van der Waals surface area contributed by atoms with Crippen molar-refractivity contribution >= 4 is 47.0 Å². The summed E-state index contributed by atoms with van der Waals surface area (Å²) in [7, 11) is 0. The molecule has 4 rings (SSSR count). The highest BCUT2D eigenvalue weighted by atomic mass is 35.5. The first-order valence-electron chi connectivity index (χ1n) is 14.3. The fourth-order valence-corrected chi connectivity index (χ4v) is 5.05. The normalized spacial score (nSPS) is 14.2. The second-order valence-corrected chi connectivity index (χ2v) is 10.6. The van der Waals surface area contributed by atoms with Crippen LogP contribution in [0, 0.1) is 11.3 Å². The molecule has 0 unspecified atom stereocenters. The van der Waals surface area contributed by atoms with Crippen LogP contribution in [0.25, 0.3) is 0 Å². The lowest BCUT2D eigenvalue weighted by Gasteiger charge is -2.30. The number of nitrogens with one attached hydrogen (secondary N) is 3. The summed E-state index contributed by atoms with van der Waals surface area (Å²) in [5.74, 6) is 0.141. The van der Waals surface area contributed by atoms with Crippen LogP contribution in [-0.2, 0) is 20.9 Å². The molecule has 13 heteroatoms. The Morgan fingerprint density at radius 2 is 1.83 bits per heavy atom. The molecule has 1 aliphatic rings. The van der Waals surface area contributed by atoms with E-state index in [0.717, 1.165) is 5.56 Å². The minimum atomic E-state index is -0.648. The average Bonchev–Trinajstić information content (AvgIpc) is 3.03. The Morgan fingerprint density at radius 1 is 1.07 bits per heavy atom. The van der Waals surface area contributed by atoms with Gasteiger partial charge in [-0.2, -0.15) is 10.4 Å². The van der Waals surface area contributed by atoms with Crippen LogP contribution in [0.15, 0.2) is 77.0 Å². The van der Waals surface area contributed by atoms with E-state index in [0.29, 0.717) is 62.0 Å². The highest BCUT2D eigenvalue weighted by Crippen LogP contribution is 2.37. The van der Waals surface area contributed by atoms with Gasteiger partial charge >= 0.3 is 5.97 Å².